The second-order valence-electron chi connectivity index (χ2n) is 11.6. The first-order chi connectivity index (χ1) is 26.0. The molecular formula is C37H30Cl3N5O9. The molecule has 1 unspecified atom stereocenters. The predicted octanol–water partition coefficient (Wildman–Crippen LogP) is 6.17. The van der Waals surface area contributed by atoms with E-state index in [1.165, 1.54) is 48.2 Å². The third-order valence-corrected chi connectivity index (χ3v) is 8.56. The van der Waals surface area contributed by atoms with Crippen LogP contribution in [0.4, 0.5) is 0 Å². The number of nitrogens with zero attached hydrogens (tertiary/aromatic N) is 4. The lowest BCUT2D eigenvalue weighted by atomic mass is 9.96. The van der Waals surface area contributed by atoms with Crippen LogP contribution in [0.25, 0.3) is 0 Å². The Bertz CT molecular complexity index is 2070. The molecule has 5 aromatic rings. The van der Waals surface area contributed by atoms with E-state index >= 15 is 0 Å². The van der Waals surface area contributed by atoms with Gasteiger partial charge in [0.1, 0.15) is 5.75 Å². The Morgan fingerprint density at radius 2 is 1.19 bits per heavy atom. The summed E-state index contributed by atoms with van der Waals surface area (Å²) in [6.45, 7) is 0.0852. The number of methoxy groups -OCH3 is 1. The third kappa shape index (κ3) is 9.15. The number of hydrogen-bond donors (Lipinski definition) is 1. The Morgan fingerprint density at radius 1 is 0.704 bits per heavy atom. The van der Waals surface area contributed by atoms with E-state index in [0.29, 0.717) is 5.75 Å². The monoisotopic (exact) mass is 793 g/mol. The summed E-state index contributed by atoms with van der Waals surface area (Å²) >= 11 is 18.0. The lowest BCUT2D eigenvalue weighted by molar-refractivity contribution is -0.279. The molecule has 1 aliphatic heterocycles. The molecule has 17 heteroatoms. The average molecular weight is 795 g/mol. The lowest BCUT2D eigenvalue weighted by Gasteiger charge is -2.44. The average Bonchev–Trinajstić information content (AvgIpc) is 3.65. The van der Waals surface area contributed by atoms with E-state index in [1.54, 1.807) is 78.9 Å². The van der Waals surface area contributed by atoms with E-state index in [9.17, 15) is 14.4 Å². The summed E-state index contributed by atoms with van der Waals surface area (Å²) in [5, 5.41) is 20.6. The predicted molar refractivity (Wildman–Crippen MR) is 194 cm³/mol. The normalized spacial score (nSPS) is 19.6. The summed E-state index contributed by atoms with van der Waals surface area (Å²) in [6, 6.07) is 30.9. The molecule has 2 heterocycles. The molecule has 0 radical (unpaired) electrons. The minimum atomic E-state index is -2.41. The molecule has 0 aliphatic carbocycles. The number of aromatic nitrogens is 4. The Hall–Kier alpha value is -5.54. The van der Waals surface area contributed by atoms with Gasteiger partial charge in [-0.3, -0.25) is 5.41 Å². The van der Waals surface area contributed by atoms with Crippen LogP contribution in [0.2, 0.25) is 0 Å². The Labute approximate surface area is 323 Å². The molecule has 4 aromatic carbocycles. The number of alkyl halides is 3. The maximum atomic E-state index is 13.8. The highest BCUT2D eigenvalue weighted by Gasteiger charge is 2.56. The van der Waals surface area contributed by atoms with E-state index < -0.39 is 58.3 Å². The van der Waals surface area contributed by atoms with Crippen molar-refractivity contribution in [2.45, 2.75) is 41.0 Å². The topological polar surface area (TPSA) is 174 Å². The van der Waals surface area contributed by atoms with Gasteiger partial charge in [-0.05, 0) is 64.5 Å². The van der Waals surface area contributed by atoms with Crippen LogP contribution in [0.1, 0.15) is 48.6 Å². The number of carbonyl (C=O) groups excluding carboxylic acids is 3. The van der Waals surface area contributed by atoms with Crippen LogP contribution in [0.15, 0.2) is 115 Å². The third-order valence-electron chi connectivity index (χ3n) is 8.05. The van der Waals surface area contributed by atoms with E-state index in [4.69, 9.17) is 68.6 Å². The van der Waals surface area contributed by atoms with E-state index in [0.717, 1.165) is 5.56 Å². The number of benzene rings is 4. The molecular weight excluding hydrogens is 765 g/mol. The van der Waals surface area contributed by atoms with Crippen LogP contribution in [-0.4, -0.2) is 79.5 Å². The maximum Gasteiger partial charge on any atom is 0.338 e. The van der Waals surface area contributed by atoms with Crippen molar-refractivity contribution in [3.05, 3.63) is 143 Å². The fourth-order valence-electron chi connectivity index (χ4n) is 5.41. The summed E-state index contributed by atoms with van der Waals surface area (Å²) in [5.41, 5.74) is 1.09. The van der Waals surface area contributed by atoms with Gasteiger partial charge in [0.2, 0.25) is 18.3 Å². The van der Waals surface area contributed by atoms with Crippen molar-refractivity contribution in [3.63, 3.8) is 0 Å². The van der Waals surface area contributed by atoms with Crippen molar-refractivity contribution < 1.29 is 42.8 Å². The zero-order chi connectivity index (χ0) is 38.2. The fraction of sp³-hybridized carbons (Fsp3) is 0.216. The van der Waals surface area contributed by atoms with Gasteiger partial charge in [0.15, 0.2) is 24.1 Å². The molecule has 278 valence electrons. The zero-order valence-corrected chi connectivity index (χ0v) is 30.4. The number of ether oxygens (including phenoxy) is 6. The molecule has 0 saturated carbocycles. The van der Waals surface area contributed by atoms with Crippen LogP contribution in [0, 0.1) is 5.41 Å². The highest BCUT2D eigenvalue weighted by molar-refractivity contribution is 6.76. The van der Waals surface area contributed by atoms with Crippen molar-refractivity contribution in [2.24, 2.45) is 0 Å². The van der Waals surface area contributed by atoms with E-state index in [-0.39, 0.29) is 29.1 Å². The van der Waals surface area contributed by atoms with Crippen molar-refractivity contribution in [3.8, 4) is 5.75 Å². The van der Waals surface area contributed by atoms with Crippen molar-refractivity contribution in [1.29, 1.82) is 5.41 Å². The summed E-state index contributed by atoms with van der Waals surface area (Å²) in [4.78, 5) is 41.3. The zero-order valence-electron chi connectivity index (χ0n) is 28.2. The van der Waals surface area contributed by atoms with Gasteiger partial charge in [-0.25, -0.2) is 19.1 Å². The quantitative estimate of drug-likeness (QED) is 0.0531. The maximum absolute atomic E-state index is 13.8. The van der Waals surface area contributed by atoms with Gasteiger partial charge < -0.3 is 28.4 Å². The molecule has 1 aromatic heterocycles. The highest BCUT2D eigenvalue weighted by atomic mass is 35.6. The standard InChI is InChI=1S/C37H30Cl3N5O9/c1-49-26-19-17-22(18-20-26)21-45-31(42-43-44-45)29-27(50-32(46)23-11-5-2-6-12-23)28(51-33(47)24-13-7-3-8-14-24)30(35(53-29)54-36(41)37(38,39)40)52-34(48)25-15-9-4-10-16-25/h2-20,27-30,35,41H,21H2,1H3/t27-,28-,29?,30+,35+/m0/s1. The molecule has 54 heavy (non-hydrogen) atoms. The summed E-state index contributed by atoms with van der Waals surface area (Å²) in [5.74, 6) is -2.99. The second kappa shape index (κ2) is 17.1. The molecule has 1 N–H and O–H groups in total. The molecule has 0 bridgehead atoms. The summed E-state index contributed by atoms with van der Waals surface area (Å²) in [6.07, 6.45) is -8.44. The van der Waals surface area contributed by atoms with Crippen molar-refractivity contribution in [1.82, 2.24) is 20.2 Å². The van der Waals surface area contributed by atoms with Crippen molar-refractivity contribution in [2.75, 3.05) is 7.11 Å². The van der Waals surface area contributed by atoms with Gasteiger partial charge in [-0.15, -0.1) is 5.10 Å². The van der Waals surface area contributed by atoms with Gasteiger partial charge in [-0.1, -0.05) is 102 Å². The number of halogens is 3. The largest absolute Gasteiger partial charge is 0.497 e. The first-order valence-corrected chi connectivity index (χ1v) is 17.3. The summed E-state index contributed by atoms with van der Waals surface area (Å²) in [7, 11) is 1.54. The van der Waals surface area contributed by atoms with Gasteiger partial charge in [0, 0.05) is 0 Å². The smallest absolute Gasteiger partial charge is 0.338 e. The van der Waals surface area contributed by atoms with E-state index in [2.05, 4.69) is 15.5 Å². The van der Waals surface area contributed by atoms with E-state index in [1.807, 2.05) is 0 Å². The minimum absolute atomic E-state index is 0.0284. The number of rotatable bonds is 11. The van der Waals surface area contributed by atoms with Crippen LogP contribution >= 0.6 is 34.8 Å². The molecule has 14 nitrogen and oxygen atoms in total. The molecule has 0 amide bonds. The Kier molecular flexibility index (Phi) is 12.1. The SMILES string of the molecule is COc1ccc(Cn2nnnc2C2O[C@H](OC(=N)C(Cl)(Cl)Cl)[C@H](OC(=O)c3ccccc3)[C@@H](OC(=O)c3ccccc3)[C@@H]2OC(=O)c2ccccc2)cc1. The summed E-state index contributed by atoms with van der Waals surface area (Å²) < 4.78 is 34.4. The van der Waals surface area contributed by atoms with Gasteiger partial charge >= 0.3 is 17.9 Å². The second-order valence-corrected chi connectivity index (χ2v) is 13.9. The first kappa shape index (κ1) is 38.2. The number of esters is 3. The van der Waals surface area contributed by atoms with Crippen LogP contribution in [0.5, 0.6) is 5.75 Å². The minimum Gasteiger partial charge on any atom is -0.497 e. The number of nitrogens with one attached hydrogen (secondary N) is 1. The highest BCUT2D eigenvalue weighted by Crippen LogP contribution is 2.39. The molecule has 6 rings (SSSR count). The molecule has 1 aliphatic rings. The lowest BCUT2D eigenvalue weighted by Crippen LogP contribution is -2.60. The first-order valence-electron chi connectivity index (χ1n) is 16.2. The van der Waals surface area contributed by atoms with Gasteiger partial charge in [-0.2, -0.15) is 0 Å². The number of carbonyl (C=O) groups is 3. The number of tetrazole rings is 1. The molecule has 1 saturated heterocycles. The Morgan fingerprint density at radius 3 is 1.67 bits per heavy atom. The van der Waals surface area contributed by atoms with Crippen LogP contribution in [0.3, 0.4) is 0 Å². The molecule has 1 fully saturated rings. The van der Waals surface area contributed by atoms with Crippen LogP contribution < -0.4 is 4.74 Å². The number of hydrogen-bond acceptors (Lipinski definition) is 13. The molecule has 5 atom stereocenters. The van der Waals surface area contributed by atoms with Crippen LogP contribution in [-0.2, 0) is 30.2 Å². The van der Waals surface area contributed by atoms with Gasteiger partial charge in [0.25, 0.3) is 3.79 Å². The van der Waals surface area contributed by atoms with Crippen molar-refractivity contribution >= 4 is 58.6 Å². The fourth-order valence-corrected chi connectivity index (χ4v) is 5.55. The Balaban J connectivity index is 1.48. The van der Waals surface area contributed by atoms with Gasteiger partial charge in [0.05, 0.1) is 30.3 Å². The molecule has 0 spiro atoms.